The Kier molecular flexibility index (Phi) is 5.70. The Morgan fingerprint density at radius 1 is 1.32 bits per heavy atom. The smallest absolute Gasteiger partial charge is 0.260 e. The summed E-state index contributed by atoms with van der Waals surface area (Å²) in [6.07, 6.45) is 2.37. The standard InChI is InChI=1S/C16H18ClN5O2S/c1-2-22-16(18-19-20-22)25-13-5-3-4-10-21(15(13)24)14(23)11-6-8-12(17)9-7-11/h6-9,13H,2-5,10H2,1H3/t13-/m0/s1. The van der Waals surface area contributed by atoms with Crippen LogP contribution >= 0.6 is 23.4 Å². The number of benzene rings is 1. The zero-order chi connectivity index (χ0) is 17.8. The number of carbonyl (C=O) groups is 2. The number of hydrogen-bond acceptors (Lipinski definition) is 6. The number of halogens is 1. The molecule has 1 aromatic carbocycles. The molecule has 1 aliphatic rings. The predicted molar refractivity (Wildman–Crippen MR) is 94.5 cm³/mol. The monoisotopic (exact) mass is 379 g/mol. The van der Waals surface area contributed by atoms with Crippen LogP contribution < -0.4 is 0 Å². The van der Waals surface area contributed by atoms with Gasteiger partial charge in [0.25, 0.3) is 5.91 Å². The minimum atomic E-state index is -0.366. The maximum absolute atomic E-state index is 12.9. The highest BCUT2D eigenvalue weighted by atomic mass is 35.5. The quantitative estimate of drug-likeness (QED) is 0.759. The number of thioether (sulfide) groups is 1. The Balaban J connectivity index is 1.79. The fraction of sp³-hybridized carbons (Fsp3) is 0.438. The molecule has 7 nitrogen and oxygen atoms in total. The van der Waals surface area contributed by atoms with Crippen molar-refractivity contribution in [2.75, 3.05) is 6.54 Å². The van der Waals surface area contributed by atoms with Crippen molar-refractivity contribution < 1.29 is 9.59 Å². The fourth-order valence-electron chi connectivity index (χ4n) is 2.67. The second-order valence-electron chi connectivity index (χ2n) is 5.68. The summed E-state index contributed by atoms with van der Waals surface area (Å²) >= 11 is 7.20. The zero-order valence-corrected chi connectivity index (χ0v) is 15.3. The average molecular weight is 380 g/mol. The van der Waals surface area contributed by atoms with Crippen molar-refractivity contribution in [1.29, 1.82) is 0 Å². The molecule has 1 aromatic heterocycles. The number of likely N-dealkylation sites (tertiary alicyclic amines) is 1. The molecule has 25 heavy (non-hydrogen) atoms. The first-order chi connectivity index (χ1) is 12.1. The Morgan fingerprint density at radius 3 is 2.80 bits per heavy atom. The largest absolute Gasteiger partial charge is 0.278 e. The Bertz CT molecular complexity index is 764. The lowest BCUT2D eigenvalue weighted by Gasteiger charge is -2.22. The third kappa shape index (κ3) is 4.01. The van der Waals surface area contributed by atoms with E-state index < -0.39 is 0 Å². The van der Waals surface area contributed by atoms with Crippen LogP contribution in [0.3, 0.4) is 0 Å². The Morgan fingerprint density at radius 2 is 2.08 bits per heavy atom. The van der Waals surface area contributed by atoms with E-state index in [1.807, 2.05) is 6.92 Å². The van der Waals surface area contributed by atoms with Crippen molar-refractivity contribution in [1.82, 2.24) is 25.1 Å². The summed E-state index contributed by atoms with van der Waals surface area (Å²) in [4.78, 5) is 27.0. The zero-order valence-electron chi connectivity index (χ0n) is 13.8. The van der Waals surface area contributed by atoms with Crippen LogP contribution in [-0.2, 0) is 11.3 Å². The van der Waals surface area contributed by atoms with Crippen LogP contribution in [0.5, 0.6) is 0 Å². The van der Waals surface area contributed by atoms with Crippen LogP contribution in [0.2, 0.25) is 5.02 Å². The fourth-order valence-corrected chi connectivity index (χ4v) is 3.94. The number of amides is 2. The van der Waals surface area contributed by atoms with Gasteiger partial charge in [0, 0.05) is 23.7 Å². The van der Waals surface area contributed by atoms with E-state index in [1.165, 1.54) is 16.7 Å². The Labute approximate surface area is 154 Å². The van der Waals surface area contributed by atoms with Gasteiger partial charge in [0.1, 0.15) is 0 Å². The van der Waals surface area contributed by atoms with Gasteiger partial charge in [-0.25, -0.2) is 4.68 Å². The summed E-state index contributed by atoms with van der Waals surface area (Å²) in [5.74, 6) is -0.475. The molecule has 3 rings (SSSR count). The molecule has 2 aromatic rings. The van der Waals surface area contributed by atoms with Crippen LogP contribution in [0.25, 0.3) is 0 Å². The van der Waals surface area contributed by atoms with Gasteiger partial charge < -0.3 is 0 Å². The first-order valence-electron chi connectivity index (χ1n) is 8.14. The number of nitrogens with zero attached hydrogens (tertiary/aromatic N) is 5. The van der Waals surface area contributed by atoms with Crippen LogP contribution in [0.15, 0.2) is 29.4 Å². The highest BCUT2D eigenvalue weighted by Crippen LogP contribution is 2.29. The van der Waals surface area contributed by atoms with Gasteiger partial charge in [-0.1, -0.05) is 29.8 Å². The summed E-state index contributed by atoms with van der Waals surface area (Å²) < 4.78 is 1.65. The van der Waals surface area contributed by atoms with E-state index in [0.717, 1.165) is 12.8 Å². The average Bonchev–Trinajstić information content (AvgIpc) is 2.99. The van der Waals surface area contributed by atoms with Crippen LogP contribution in [0.1, 0.15) is 36.5 Å². The van der Waals surface area contributed by atoms with E-state index >= 15 is 0 Å². The van der Waals surface area contributed by atoms with E-state index in [9.17, 15) is 9.59 Å². The highest BCUT2D eigenvalue weighted by Gasteiger charge is 2.33. The molecule has 1 atom stereocenters. The van der Waals surface area contributed by atoms with Crippen molar-refractivity contribution in [3.63, 3.8) is 0 Å². The maximum Gasteiger partial charge on any atom is 0.260 e. The van der Waals surface area contributed by atoms with Crippen molar-refractivity contribution >= 4 is 35.2 Å². The Hall–Kier alpha value is -1.93. The molecule has 1 saturated heterocycles. The molecule has 2 heterocycles. The van der Waals surface area contributed by atoms with E-state index in [1.54, 1.807) is 28.9 Å². The first-order valence-corrected chi connectivity index (χ1v) is 9.40. The highest BCUT2D eigenvalue weighted by molar-refractivity contribution is 8.00. The minimum Gasteiger partial charge on any atom is -0.278 e. The number of rotatable bonds is 4. The van der Waals surface area contributed by atoms with Gasteiger partial charge in [0.05, 0.1) is 5.25 Å². The predicted octanol–water partition coefficient (Wildman–Crippen LogP) is 2.66. The number of tetrazole rings is 1. The molecule has 0 saturated carbocycles. The molecule has 0 aliphatic carbocycles. The third-order valence-corrected chi connectivity index (χ3v) is 5.50. The number of carbonyl (C=O) groups excluding carboxylic acids is 2. The van der Waals surface area contributed by atoms with E-state index in [0.29, 0.717) is 35.3 Å². The maximum atomic E-state index is 12.9. The van der Waals surface area contributed by atoms with Crippen LogP contribution in [0, 0.1) is 0 Å². The summed E-state index contributed by atoms with van der Waals surface area (Å²) in [5.41, 5.74) is 0.460. The topological polar surface area (TPSA) is 81.0 Å². The number of imide groups is 1. The van der Waals surface area contributed by atoms with Gasteiger partial charge in [-0.15, -0.1) is 5.10 Å². The first kappa shape index (κ1) is 17.9. The second kappa shape index (κ2) is 7.97. The molecule has 132 valence electrons. The van der Waals surface area contributed by atoms with Gasteiger partial charge in [-0.2, -0.15) is 0 Å². The van der Waals surface area contributed by atoms with Crippen LogP contribution in [0.4, 0.5) is 0 Å². The number of aromatic nitrogens is 4. The second-order valence-corrected chi connectivity index (χ2v) is 7.29. The molecule has 1 aliphatic heterocycles. The molecule has 0 spiro atoms. The molecule has 2 amide bonds. The number of aryl methyl sites for hydroxylation is 1. The van der Waals surface area contributed by atoms with Gasteiger partial charge in [0.2, 0.25) is 11.1 Å². The van der Waals surface area contributed by atoms with Crippen LogP contribution in [-0.4, -0.2) is 48.7 Å². The molecule has 9 heteroatoms. The molecular formula is C16H18ClN5O2S. The van der Waals surface area contributed by atoms with Crippen molar-refractivity contribution in [2.45, 2.75) is 43.1 Å². The molecule has 0 unspecified atom stereocenters. The van der Waals surface area contributed by atoms with Crippen molar-refractivity contribution in [3.05, 3.63) is 34.9 Å². The summed E-state index contributed by atoms with van der Waals surface area (Å²) in [7, 11) is 0. The normalized spacial score (nSPS) is 18.2. The van der Waals surface area contributed by atoms with Gasteiger partial charge in [-0.3, -0.25) is 14.5 Å². The third-order valence-electron chi connectivity index (χ3n) is 4.02. The summed E-state index contributed by atoms with van der Waals surface area (Å²) in [6, 6.07) is 6.59. The number of hydrogen-bond donors (Lipinski definition) is 0. The molecular weight excluding hydrogens is 362 g/mol. The minimum absolute atomic E-state index is 0.187. The lowest BCUT2D eigenvalue weighted by Crippen LogP contribution is -2.41. The summed E-state index contributed by atoms with van der Waals surface area (Å²) in [5, 5.41) is 12.3. The SMILES string of the molecule is CCn1nnnc1S[C@H]1CCCCN(C(=O)c2ccc(Cl)cc2)C1=O. The van der Waals surface area contributed by atoms with Gasteiger partial charge >= 0.3 is 0 Å². The van der Waals surface area contributed by atoms with E-state index in [2.05, 4.69) is 15.5 Å². The molecule has 0 bridgehead atoms. The summed E-state index contributed by atoms with van der Waals surface area (Å²) in [6.45, 7) is 2.99. The van der Waals surface area contributed by atoms with E-state index in [4.69, 9.17) is 11.6 Å². The van der Waals surface area contributed by atoms with Gasteiger partial charge in [-0.05, 0) is 54.5 Å². The van der Waals surface area contributed by atoms with E-state index in [-0.39, 0.29) is 17.1 Å². The molecule has 0 radical (unpaired) electrons. The molecule has 0 N–H and O–H groups in total. The lowest BCUT2D eigenvalue weighted by molar-refractivity contribution is -0.127. The lowest BCUT2D eigenvalue weighted by atomic mass is 10.2. The van der Waals surface area contributed by atoms with Crippen molar-refractivity contribution in [2.24, 2.45) is 0 Å². The molecule has 1 fully saturated rings. The van der Waals surface area contributed by atoms with Gasteiger partial charge in [0.15, 0.2) is 0 Å². The van der Waals surface area contributed by atoms with Crippen molar-refractivity contribution in [3.8, 4) is 0 Å².